The number of carbonyl (C=O) groups excluding carboxylic acids is 2. The van der Waals surface area contributed by atoms with Gasteiger partial charge in [0.2, 0.25) is 5.43 Å². The number of nitrogens with zero attached hydrogens (tertiary/aromatic N) is 2. The predicted molar refractivity (Wildman–Crippen MR) is 116 cm³/mol. The van der Waals surface area contributed by atoms with Crippen molar-refractivity contribution in [2.75, 3.05) is 13.6 Å². The fourth-order valence-electron chi connectivity index (χ4n) is 2.93. The summed E-state index contributed by atoms with van der Waals surface area (Å²) >= 11 is 5.87. The van der Waals surface area contributed by atoms with Crippen LogP contribution in [-0.2, 0) is 6.54 Å². The molecule has 2 rings (SSSR count). The molecule has 1 aromatic carbocycles. The molecule has 0 bridgehead atoms. The number of hydrogen-bond donors (Lipinski definition) is 1. The molecule has 0 spiro atoms. The van der Waals surface area contributed by atoms with Crippen molar-refractivity contribution in [3.63, 3.8) is 0 Å². The summed E-state index contributed by atoms with van der Waals surface area (Å²) in [4.78, 5) is 40.0. The van der Waals surface area contributed by atoms with Gasteiger partial charge in [0.05, 0.1) is 0 Å². The molecule has 2 aromatic rings. The van der Waals surface area contributed by atoms with Crippen LogP contribution in [0.25, 0.3) is 0 Å². The van der Waals surface area contributed by atoms with Crippen molar-refractivity contribution in [1.82, 2.24) is 14.8 Å². The Morgan fingerprint density at radius 1 is 1.07 bits per heavy atom. The molecule has 7 heteroatoms. The molecule has 0 aliphatic heterocycles. The van der Waals surface area contributed by atoms with Crippen molar-refractivity contribution >= 4 is 23.4 Å². The Bertz CT molecular complexity index is 933. The molecule has 0 unspecified atom stereocenters. The zero-order valence-electron chi connectivity index (χ0n) is 17.5. The number of amides is 2. The van der Waals surface area contributed by atoms with Crippen LogP contribution in [0.3, 0.4) is 0 Å². The summed E-state index contributed by atoms with van der Waals surface area (Å²) in [6.45, 7) is 8.61. The van der Waals surface area contributed by atoms with Crippen molar-refractivity contribution in [1.29, 1.82) is 0 Å². The Morgan fingerprint density at radius 3 is 2.21 bits per heavy atom. The summed E-state index contributed by atoms with van der Waals surface area (Å²) < 4.78 is 1.72. The highest BCUT2D eigenvalue weighted by atomic mass is 35.5. The van der Waals surface area contributed by atoms with E-state index in [1.165, 1.54) is 17.3 Å². The van der Waals surface area contributed by atoms with Gasteiger partial charge < -0.3 is 14.8 Å². The Morgan fingerprint density at radius 2 is 1.66 bits per heavy atom. The molecule has 0 saturated heterocycles. The Balaban J connectivity index is 2.33. The number of carbonyl (C=O) groups is 2. The highest BCUT2D eigenvalue weighted by Crippen LogP contribution is 2.11. The first kappa shape index (κ1) is 22.7. The summed E-state index contributed by atoms with van der Waals surface area (Å²) in [7, 11) is 1.66. The first-order valence-corrected chi connectivity index (χ1v) is 10.0. The quantitative estimate of drug-likeness (QED) is 0.745. The van der Waals surface area contributed by atoms with Gasteiger partial charge in [0, 0.05) is 43.6 Å². The number of hydrogen-bond acceptors (Lipinski definition) is 3. The molecule has 1 N–H and O–H groups in total. The third-order valence-electron chi connectivity index (χ3n) is 4.47. The Kier molecular flexibility index (Phi) is 7.62. The van der Waals surface area contributed by atoms with E-state index in [1.54, 1.807) is 35.9 Å². The normalized spacial score (nSPS) is 11.0. The van der Waals surface area contributed by atoms with E-state index in [4.69, 9.17) is 11.6 Å². The molecular formula is C22H28ClN3O3. The fourth-order valence-corrected chi connectivity index (χ4v) is 3.05. The van der Waals surface area contributed by atoms with Crippen molar-refractivity contribution in [2.24, 2.45) is 5.92 Å². The fraction of sp³-hybridized carbons (Fsp3) is 0.409. The molecule has 1 aromatic heterocycles. The zero-order chi connectivity index (χ0) is 21.7. The maximum Gasteiger partial charge on any atom is 0.259 e. The van der Waals surface area contributed by atoms with Crippen LogP contribution >= 0.6 is 11.6 Å². The Hall–Kier alpha value is -2.60. The predicted octanol–water partition coefficient (Wildman–Crippen LogP) is 3.74. The summed E-state index contributed by atoms with van der Waals surface area (Å²) in [6.07, 6.45) is 3.03. The van der Waals surface area contributed by atoms with Gasteiger partial charge in [-0.05, 0) is 37.5 Å². The van der Waals surface area contributed by atoms with Gasteiger partial charge >= 0.3 is 0 Å². The SMILES string of the molecule is CC(C)CN(C)C(=O)c1cn(C(C)C)cc(C(=O)NCc2ccc(Cl)cc2)c1=O. The van der Waals surface area contributed by atoms with Gasteiger partial charge in [-0.15, -0.1) is 0 Å². The average molecular weight is 418 g/mol. The van der Waals surface area contributed by atoms with Crippen molar-refractivity contribution < 1.29 is 9.59 Å². The largest absolute Gasteiger partial charge is 0.350 e. The minimum Gasteiger partial charge on any atom is -0.350 e. The highest BCUT2D eigenvalue weighted by molar-refractivity contribution is 6.30. The molecule has 1 heterocycles. The number of halogens is 1. The van der Waals surface area contributed by atoms with E-state index in [0.29, 0.717) is 11.6 Å². The minimum absolute atomic E-state index is 0.000919. The second kappa shape index (κ2) is 9.74. The maximum absolute atomic E-state index is 12.9. The van der Waals surface area contributed by atoms with Crippen LogP contribution in [0.2, 0.25) is 5.02 Å². The van der Waals surface area contributed by atoms with Gasteiger partial charge in [-0.3, -0.25) is 14.4 Å². The molecule has 0 radical (unpaired) electrons. The third-order valence-corrected chi connectivity index (χ3v) is 4.72. The molecule has 2 amide bonds. The molecule has 0 aliphatic rings. The second-order valence-corrected chi connectivity index (χ2v) is 8.28. The smallest absolute Gasteiger partial charge is 0.259 e. The Labute approximate surface area is 176 Å². The topological polar surface area (TPSA) is 71.4 Å². The first-order valence-electron chi connectivity index (χ1n) is 9.64. The maximum atomic E-state index is 12.9. The standard InChI is InChI=1S/C22H28ClN3O3/c1-14(2)11-25(5)22(29)19-13-26(15(3)4)12-18(20(19)27)21(28)24-10-16-6-8-17(23)9-7-16/h6-9,12-15H,10-11H2,1-5H3,(H,24,28). The van der Waals surface area contributed by atoms with Gasteiger partial charge in [0.25, 0.3) is 11.8 Å². The lowest BCUT2D eigenvalue weighted by molar-refractivity contribution is 0.0777. The molecule has 156 valence electrons. The molecule has 29 heavy (non-hydrogen) atoms. The van der Waals surface area contributed by atoms with E-state index in [2.05, 4.69) is 5.32 Å². The number of aromatic nitrogens is 1. The van der Waals surface area contributed by atoms with Crippen LogP contribution in [0.15, 0.2) is 41.5 Å². The van der Waals surface area contributed by atoms with E-state index in [9.17, 15) is 14.4 Å². The molecular weight excluding hydrogens is 390 g/mol. The van der Waals surface area contributed by atoms with Crippen LogP contribution < -0.4 is 10.7 Å². The first-order chi connectivity index (χ1) is 13.6. The second-order valence-electron chi connectivity index (χ2n) is 7.84. The molecule has 6 nitrogen and oxygen atoms in total. The zero-order valence-corrected chi connectivity index (χ0v) is 18.3. The number of pyridine rings is 1. The van der Waals surface area contributed by atoms with Gasteiger partial charge in [0.1, 0.15) is 11.1 Å². The summed E-state index contributed by atoms with van der Waals surface area (Å²) in [6, 6.07) is 7.06. The van der Waals surface area contributed by atoms with E-state index in [-0.39, 0.29) is 35.5 Å². The van der Waals surface area contributed by atoms with Gasteiger partial charge in [-0.25, -0.2) is 0 Å². The monoisotopic (exact) mass is 417 g/mol. The highest BCUT2D eigenvalue weighted by Gasteiger charge is 2.22. The lowest BCUT2D eigenvalue weighted by atomic mass is 10.1. The summed E-state index contributed by atoms with van der Waals surface area (Å²) in [5.74, 6) is -0.631. The van der Waals surface area contributed by atoms with Crippen LogP contribution in [-0.4, -0.2) is 34.9 Å². The molecule has 0 atom stereocenters. The number of rotatable bonds is 7. The van der Waals surface area contributed by atoms with Crippen molar-refractivity contribution in [3.05, 3.63) is 68.6 Å². The van der Waals surface area contributed by atoms with E-state index < -0.39 is 11.3 Å². The van der Waals surface area contributed by atoms with E-state index in [1.807, 2.05) is 27.7 Å². The number of benzene rings is 1. The lowest BCUT2D eigenvalue weighted by Gasteiger charge is -2.21. The van der Waals surface area contributed by atoms with Gasteiger partial charge in [-0.1, -0.05) is 37.6 Å². The van der Waals surface area contributed by atoms with Crippen LogP contribution in [0.5, 0.6) is 0 Å². The van der Waals surface area contributed by atoms with E-state index >= 15 is 0 Å². The van der Waals surface area contributed by atoms with Gasteiger partial charge in [0.15, 0.2) is 0 Å². The summed E-state index contributed by atoms with van der Waals surface area (Å²) in [5, 5.41) is 3.36. The van der Waals surface area contributed by atoms with Crippen molar-refractivity contribution in [3.8, 4) is 0 Å². The van der Waals surface area contributed by atoms with E-state index in [0.717, 1.165) is 5.56 Å². The lowest BCUT2D eigenvalue weighted by Crippen LogP contribution is -2.37. The van der Waals surface area contributed by atoms with Crippen LogP contribution in [0.1, 0.15) is 60.0 Å². The van der Waals surface area contributed by atoms with Crippen LogP contribution in [0, 0.1) is 5.92 Å². The minimum atomic E-state index is -0.559. The van der Waals surface area contributed by atoms with Gasteiger partial charge in [-0.2, -0.15) is 0 Å². The molecule has 0 fully saturated rings. The number of nitrogens with one attached hydrogen (secondary N) is 1. The molecule has 0 aliphatic carbocycles. The third kappa shape index (κ3) is 5.94. The average Bonchev–Trinajstić information content (AvgIpc) is 2.66. The van der Waals surface area contributed by atoms with Crippen molar-refractivity contribution in [2.45, 2.75) is 40.3 Å². The summed E-state index contributed by atoms with van der Waals surface area (Å²) in [5.41, 5.74) is 0.254. The van der Waals surface area contributed by atoms with Crippen LogP contribution in [0.4, 0.5) is 0 Å². The molecule has 0 saturated carbocycles.